The fraction of sp³-hybridized carbons (Fsp3) is 0.296. The highest BCUT2D eigenvalue weighted by Gasteiger charge is 2.32. The van der Waals surface area contributed by atoms with E-state index in [-0.39, 0.29) is 5.91 Å². The molecule has 0 spiro atoms. The van der Waals surface area contributed by atoms with Crippen molar-refractivity contribution in [3.8, 4) is 5.75 Å². The number of para-hydroxylation sites is 2. The van der Waals surface area contributed by atoms with E-state index in [0.29, 0.717) is 12.6 Å². The number of benzene rings is 3. The zero-order chi connectivity index (χ0) is 22.8. The molecule has 3 aromatic rings. The van der Waals surface area contributed by atoms with Crippen LogP contribution in [0.1, 0.15) is 24.5 Å². The van der Waals surface area contributed by atoms with Crippen molar-refractivity contribution in [2.24, 2.45) is 0 Å². The number of halogens is 1. The molecular weight excluding hydrogens is 434 g/mol. The Bertz CT molecular complexity index is 1170. The molecule has 2 aliphatic heterocycles. The smallest absolute Gasteiger partial charge is 0.221 e. The molecule has 33 heavy (non-hydrogen) atoms. The number of ether oxygens (including phenoxy) is 1. The number of nitrogens with zero attached hydrogens (tertiary/aromatic N) is 2. The van der Waals surface area contributed by atoms with E-state index in [9.17, 15) is 4.79 Å². The molecule has 0 radical (unpaired) electrons. The summed E-state index contributed by atoms with van der Waals surface area (Å²) in [4.78, 5) is 16.3. The average molecular weight is 462 g/mol. The van der Waals surface area contributed by atoms with Crippen molar-refractivity contribution in [2.45, 2.75) is 32.4 Å². The van der Waals surface area contributed by atoms with E-state index in [1.54, 1.807) is 0 Å². The number of hydrogen-bond donors (Lipinski definition) is 1. The van der Waals surface area contributed by atoms with Gasteiger partial charge < -0.3 is 19.9 Å². The third-order valence-corrected chi connectivity index (χ3v) is 6.63. The molecule has 170 valence electrons. The van der Waals surface area contributed by atoms with Crippen LogP contribution in [-0.4, -0.2) is 36.5 Å². The predicted molar refractivity (Wildman–Crippen MR) is 134 cm³/mol. The van der Waals surface area contributed by atoms with Crippen LogP contribution in [-0.2, 0) is 17.8 Å². The lowest BCUT2D eigenvalue weighted by Gasteiger charge is -2.32. The normalized spacial score (nSPS) is 17.6. The Balaban J connectivity index is 1.33. The molecule has 3 aromatic carbocycles. The van der Waals surface area contributed by atoms with Gasteiger partial charge in [0.1, 0.15) is 12.4 Å². The van der Waals surface area contributed by atoms with Crippen molar-refractivity contribution in [3.05, 3.63) is 82.9 Å². The summed E-state index contributed by atoms with van der Waals surface area (Å²) in [5.41, 5.74) is 5.49. The number of amides is 1. The monoisotopic (exact) mass is 461 g/mol. The summed E-state index contributed by atoms with van der Waals surface area (Å²) in [6, 6.07) is 22.8. The van der Waals surface area contributed by atoms with E-state index >= 15 is 0 Å². The summed E-state index contributed by atoms with van der Waals surface area (Å²) < 4.78 is 6.15. The second kappa shape index (κ2) is 9.46. The second-order valence-corrected chi connectivity index (χ2v) is 9.21. The summed E-state index contributed by atoms with van der Waals surface area (Å²) in [5, 5.41) is 3.61. The SMILES string of the molecule is CC(=O)Nc1cccc(CCN2CCC(N3c4cc(Cl)ccc4COc4ccccc43)C2)c1. The number of likely N-dealkylation sites (tertiary alicyclic amines) is 1. The molecule has 1 unspecified atom stereocenters. The standard InChI is InChI=1S/C27H28ClN3O2/c1-19(32)29-23-6-4-5-20(15-23)11-13-30-14-12-24(17-30)31-25-7-2-3-8-27(25)33-18-21-9-10-22(28)16-26(21)31/h2-10,15-16,24H,11-14,17-18H2,1H3,(H,29,32). The van der Waals surface area contributed by atoms with Crippen LogP contribution in [0.4, 0.5) is 17.1 Å². The Labute approximate surface area is 199 Å². The molecule has 1 atom stereocenters. The maximum atomic E-state index is 11.4. The van der Waals surface area contributed by atoms with Crippen LogP contribution in [0.3, 0.4) is 0 Å². The first-order valence-corrected chi connectivity index (χ1v) is 11.8. The summed E-state index contributed by atoms with van der Waals surface area (Å²) in [6.07, 6.45) is 2.02. The van der Waals surface area contributed by atoms with Crippen LogP contribution < -0.4 is 15.0 Å². The average Bonchev–Trinajstić information content (AvgIpc) is 3.20. The van der Waals surface area contributed by atoms with E-state index in [2.05, 4.69) is 51.5 Å². The summed E-state index contributed by atoms with van der Waals surface area (Å²) >= 11 is 6.42. The molecule has 1 N–H and O–H groups in total. The lowest BCUT2D eigenvalue weighted by Crippen LogP contribution is -2.35. The molecule has 0 aromatic heterocycles. The summed E-state index contributed by atoms with van der Waals surface area (Å²) in [5.74, 6) is 0.870. The molecule has 2 aliphatic rings. The van der Waals surface area contributed by atoms with Gasteiger partial charge in [-0.25, -0.2) is 0 Å². The van der Waals surface area contributed by atoms with Crippen LogP contribution >= 0.6 is 11.6 Å². The Morgan fingerprint density at radius 2 is 1.97 bits per heavy atom. The largest absolute Gasteiger partial charge is 0.487 e. The number of carbonyl (C=O) groups excluding carboxylic acids is 1. The predicted octanol–water partition coefficient (Wildman–Crippen LogP) is 5.65. The van der Waals surface area contributed by atoms with Crippen LogP contribution in [0, 0.1) is 0 Å². The third-order valence-electron chi connectivity index (χ3n) is 6.39. The van der Waals surface area contributed by atoms with Gasteiger partial charge in [-0.2, -0.15) is 0 Å². The lowest BCUT2D eigenvalue weighted by molar-refractivity contribution is -0.114. The van der Waals surface area contributed by atoms with Gasteiger partial charge in [0.25, 0.3) is 0 Å². The topological polar surface area (TPSA) is 44.8 Å². The molecule has 0 saturated carbocycles. The maximum absolute atomic E-state index is 11.4. The quantitative estimate of drug-likeness (QED) is 0.533. The Morgan fingerprint density at radius 1 is 1.09 bits per heavy atom. The maximum Gasteiger partial charge on any atom is 0.221 e. The summed E-state index contributed by atoms with van der Waals surface area (Å²) in [6.45, 7) is 5.08. The zero-order valence-electron chi connectivity index (χ0n) is 18.8. The Kier molecular flexibility index (Phi) is 6.25. The van der Waals surface area contributed by atoms with Gasteiger partial charge in [-0.15, -0.1) is 0 Å². The van der Waals surface area contributed by atoms with Gasteiger partial charge in [0.05, 0.1) is 5.69 Å². The fourth-order valence-electron chi connectivity index (χ4n) is 4.86. The van der Waals surface area contributed by atoms with Gasteiger partial charge in [-0.05, 0) is 54.8 Å². The number of carbonyl (C=O) groups is 1. The highest BCUT2D eigenvalue weighted by molar-refractivity contribution is 6.30. The Morgan fingerprint density at radius 3 is 2.85 bits per heavy atom. The highest BCUT2D eigenvalue weighted by Crippen LogP contribution is 2.43. The third kappa shape index (κ3) is 4.85. The van der Waals surface area contributed by atoms with Crippen LogP contribution in [0.5, 0.6) is 5.75 Å². The first-order valence-electron chi connectivity index (χ1n) is 11.5. The molecule has 6 heteroatoms. The summed E-state index contributed by atoms with van der Waals surface area (Å²) in [7, 11) is 0. The van der Waals surface area contributed by atoms with E-state index in [1.807, 2.05) is 30.3 Å². The van der Waals surface area contributed by atoms with Crippen molar-refractivity contribution in [1.29, 1.82) is 0 Å². The van der Waals surface area contributed by atoms with Crippen molar-refractivity contribution in [1.82, 2.24) is 4.90 Å². The van der Waals surface area contributed by atoms with Crippen LogP contribution in [0.2, 0.25) is 5.02 Å². The first-order chi connectivity index (χ1) is 16.1. The van der Waals surface area contributed by atoms with Crippen molar-refractivity contribution in [3.63, 3.8) is 0 Å². The Hall–Kier alpha value is -3.02. The first kappa shape index (κ1) is 21.8. The molecule has 5 nitrogen and oxygen atoms in total. The number of fused-ring (bicyclic) bond motifs is 2. The molecule has 1 amide bonds. The van der Waals surface area contributed by atoms with Gasteiger partial charge in [-0.3, -0.25) is 4.79 Å². The molecule has 5 rings (SSSR count). The van der Waals surface area contributed by atoms with E-state index in [4.69, 9.17) is 16.3 Å². The molecule has 0 aliphatic carbocycles. The van der Waals surface area contributed by atoms with Crippen molar-refractivity contribution in [2.75, 3.05) is 29.9 Å². The number of hydrogen-bond acceptors (Lipinski definition) is 4. The molecule has 1 fully saturated rings. The number of anilines is 3. The fourth-order valence-corrected chi connectivity index (χ4v) is 5.03. The van der Waals surface area contributed by atoms with E-state index in [1.165, 1.54) is 12.5 Å². The highest BCUT2D eigenvalue weighted by atomic mass is 35.5. The minimum Gasteiger partial charge on any atom is -0.487 e. The minimum absolute atomic E-state index is 0.0448. The van der Waals surface area contributed by atoms with Gasteiger partial charge in [0.15, 0.2) is 0 Å². The van der Waals surface area contributed by atoms with Crippen LogP contribution in [0.15, 0.2) is 66.7 Å². The van der Waals surface area contributed by atoms with E-state index in [0.717, 1.165) is 65.9 Å². The van der Waals surface area contributed by atoms with Gasteiger partial charge in [-0.1, -0.05) is 41.9 Å². The molecule has 0 bridgehead atoms. The molecule has 1 saturated heterocycles. The molecular formula is C27H28ClN3O2. The number of nitrogens with one attached hydrogen (secondary N) is 1. The minimum atomic E-state index is -0.0448. The number of rotatable bonds is 5. The molecule has 2 heterocycles. The lowest BCUT2D eigenvalue weighted by atomic mass is 10.1. The van der Waals surface area contributed by atoms with Crippen LogP contribution in [0.25, 0.3) is 0 Å². The van der Waals surface area contributed by atoms with Gasteiger partial charge >= 0.3 is 0 Å². The second-order valence-electron chi connectivity index (χ2n) is 8.77. The van der Waals surface area contributed by atoms with Crippen molar-refractivity contribution >= 4 is 34.6 Å². The van der Waals surface area contributed by atoms with E-state index < -0.39 is 0 Å². The zero-order valence-corrected chi connectivity index (χ0v) is 19.5. The van der Waals surface area contributed by atoms with Gasteiger partial charge in [0.2, 0.25) is 5.91 Å². The van der Waals surface area contributed by atoms with Gasteiger partial charge in [0, 0.05) is 54.6 Å². The van der Waals surface area contributed by atoms with Crippen molar-refractivity contribution < 1.29 is 9.53 Å².